The third kappa shape index (κ3) is 3.41. The van der Waals surface area contributed by atoms with Crippen LogP contribution in [0, 0.1) is 0 Å². The summed E-state index contributed by atoms with van der Waals surface area (Å²) in [5, 5.41) is 21.6. The fraction of sp³-hybridized carbons (Fsp3) is 0.263. The monoisotopic (exact) mass is 385 g/mol. The smallest absolute Gasteiger partial charge is 0.255 e. The van der Waals surface area contributed by atoms with E-state index in [2.05, 4.69) is 14.9 Å². The molecule has 0 spiro atoms. The van der Waals surface area contributed by atoms with Crippen LogP contribution < -0.4 is 10.3 Å². The van der Waals surface area contributed by atoms with Crippen LogP contribution in [0.5, 0.6) is 17.2 Å². The van der Waals surface area contributed by atoms with Crippen molar-refractivity contribution < 1.29 is 14.9 Å². The highest BCUT2D eigenvalue weighted by molar-refractivity contribution is 7.13. The van der Waals surface area contributed by atoms with Gasteiger partial charge in [-0.15, -0.1) is 11.3 Å². The van der Waals surface area contributed by atoms with Gasteiger partial charge in [0.15, 0.2) is 17.3 Å². The number of hydrogen-bond acceptors (Lipinski definition) is 7. The largest absolute Gasteiger partial charge is 0.504 e. The molecule has 0 aliphatic carbocycles. The van der Waals surface area contributed by atoms with Crippen LogP contribution >= 0.6 is 11.3 Å². The molecule has 27 heavy (non-hydrogen) atoms. The Morgan fingerprint density at radius 3 is 2.96 bits per heavy atom. The van der Waals surface area contributed by atoms with Gasteiger partial charge in [0.2, 0.25) is 5.75 Å². The topological polar surface area (TPSA) is 98.7 Å². The SMILES string of the molecule is COc1cc(CN2CCc3nc(-c4cccs4)[nH]c(=O)c3C2)cc(O)c1O. The molecule has 0 amide bonds. The van der Waals surface area contributed by atoms with Crippen molar-refractivity contribution in [3.8, 4) is 28.0 Å². The maximum absolute atomic E-state index is 12.6. The second kappa shape index (κ2) is 7.05. The van der Waals surface area contributed by atoms with E-state index in [1.165, 1.54) is 13.2 Å². The Kier molecular flexibility index (Phi) is 4.59. The van der Waals surface area contributed by atoms with Gasteiger partial charge < -0.3 is 19.9 Å². The van der Waals surface area contributed by atoms with E-state index in [0.29, 0.717) is 30.9 Å². The highest BCUT2D eigenvalue weighted by atomic mass is 32.1. The van der Waals surface area contributed by atoms with Crippen molar-refractivity contribution in [3.63, 3.8) is 0 Å². The minimum Gasteiger partial charge on any atom is -0.504 e. The molecular formula is C19H19N3O4S. The van der Waals surface area contributed by atoms with Gasteiger partial charge in [0.1, 0.15) is 0 Å². The predicted octanol–water partition coefficient (Wildman–Crippen LogP) is 2.48. The first kappa shape index (κ1) is 17.6. The number of fused-ring (bicyclic) bond motifs is 1. The van der Waals surface area contributed by atoms with E-state index in [0.717, 1.165) is 22.7 Å². The number of phenolic OH excluding ortho intramolecular Hbond substituents is 2. The minimum absolute atomic E-state index is 0.112. The fourth-order valence-corrected chi connectivity index (χ4v) is 3.97. The van der Waals surface area contributed by atoms with Gasteiger partial charge >= 0.3 is 0 Å². The summed E-state index contributed by atoms with van der Waals surface area (Å²) in [5.74, 6) is 0.353. The lowest BCUT2D eigenvalue weighted by Crippen LogP contribution is -2.35. The number of nitrogens with zero attached hydrogens (tertiary/aromatic N) is 2. The average Bonchev–Trinajstić information content (AvgIpc) is 3.19. The number of phenols is 2. The van der Waals surface area contributed by atoms with Gasteiger partial charge in [-0.3, -0.25) is 9.69 Å². The van der Waals surface area contributed by atoms with E-state index in [-0.39, 0.29) is 22.8 Å². The van der Waals surface area contributed by atoms with Gasteiger partial charge in [-0.25, -0.2) is 4.98 Å². The van der Waals surface area contributed by atoms with Gasteiger partial charge in [0.05, 0.1) is 23.2 Å². The van der Waals surface area contributed by atoms with Crippen LogP contribution in [0.25, 0.3) is 10.7 Å². The number of aromatic amines is 1. The Morgan fingerprint density at radius 2 is 2.22 bits per heavy atom. The van der Waals surface area contributed by atoms with Crippen LogP contribution in [0.2, 0.25) is 0 Å². The second-order valence-electron chi connectivity index (χ2n) is 6.44. The number of methoxy groups -OCH3 is 1. The first-order chi connectivity index (χ1) is 13.0. The molecule has 0 unspecified atom stereocenters. The number of hydrogen-bond donors (Lipinski definition) is 3. The summed E-state index contributed by atoms with van der Waals surface area (Å²) in [6.07, 6.45) is 0.679. The summed E-state index contributed by atoms with van der Waals surface area (Å²) in [4.78, 5) is 23.1. The average molecular weight is 385 g/mol. The Hall–Kier alpha value is -2.84. The zero-order valence-electron chi connectivity index (χ0n) is 14.7. The maximum atomic E-state index is 12.6. The molecule has 1 aliphatic heterocycles. The normalized spacial score (nSPS) is 14.1. The maximum Gasteiger partial charge on any atom is 0.255 e. The Labute approximate surface area is 159 Å². The summed E-state index contributed by atoms with van der Waals surface area (Å²) >= 11 is 1.54. The lowest BCUT2D eigenvalue weighted by atomic mass is 10.1. The molecule has 0 radical (unpaired) electrons. The number of ether oxygens (including phenoxy) is 1. The van der Waals surface area contributed by atoms with Gasteiger partial charge in [-0.1, -0.05) is 6.07 Å². The van der Waals surface area contributed by atoms with E-state index in [1.807, 2.05) is 17.5 Å². The number of aromatic nitrogens is 2. The molecule has 0 saturated carbocycles. The molecule has 1 aromatic carbocycles. The minimum atomic E-state index is -0.271. The van der Waals surface area contributed by atoms with Crippen LogP contribution in [-0.2, 0) is 19.5 Å². The number of thiophene rings is 1. The third-order valence-corrected chi connectivity index (χ3v) is 5.52. The van der Waals surface area contributed by atoms with Gasteiger partial charge in [0.25, 0.3) is 5.56 Å². The van der Waals surface area contributed by atoms with Crippen molar-refractivity contribution in [1.29, 1.82) is 0 Å². The molecule has 1 aliphatic rings. The van der Waals surface area contributed by atoms with Crippen molar-refractivity contribution in [2.24, 2.45) is 0 Å². The molecule has 3 heterocycles. The highest BCUT2D eigenvalue weighted by Crippen LogP contribution is 2.36. The van der Waals surface area contributed by atoms with E-state index < -0.39 is 0 Å². The molecule has 0 atom stereocenters. The molecule has 0 bridgehead atoms. The summed E-state index contributed by atoms with van der Waals surface area (Å²) in [5.41, 5.74) is 2.20. The lowest BCUT2D eigenvalue weighted by molar-refractivity contribution is 0.241. The third-order valence-electron chi connectivity index (χ3n) is 4.64. The van der Waals surface area contributed by atoms with Crippen molar-refractivity contribution in [2.75, 3.05) is 13.7 Å². The summed E-state index contributed by atoms with van der Waals surface area (Å²) < 4.78 is 5.09. The number of H-pyrrole nitrogens is 1. The van der Waals surface area contributed by atoms with Crippen LogP contribution in [0.4, 0.5) is 0 Å². The van der Waals surface area contributed by atoms with E-state index in [1.54, 1.807) is 17.4 Å². The number of rotatable bonds is 4. The Balaban J connectivity index is 1.57. The van der Waals surface area contributed by atoms with Crippen LogP contribution in [0.1, 0.15) is 16.8 Å². The molecule has 0 fully saturated rings. The Bertz CT molecular complexity index is 1030. The molecule has 140 valence electrons. The quantitative estimate of drug-likeness (QED) is 0.597. The molecule has 7 nitrogen and oxygen atoms in total. The Morgan fingerprint density at radius 1 is 1.37 bits per heavy atom. The second-order valence-corrected chi connectivity index (χ2v) is 7.39. The van der Waals surface area contributed by atoms with Gasteiger partial charge in [-0.2, -0.15) is 0 Å². The van der Waals surface area contributed by atoms with Crippen molar-refractivity contribution in [2.45, 2.75) is 19.5 Å². The predicted molar refractivity (Wildman–Crippen MR) is 102 cm³/mol. The fourth-order valence-electron chi connectivity index (χ4n) is 3.30. The van der Waals surface area contributed by atoms with Crippen molar-refractivity contribution in [1.82, 2.24) is 14.9 Å². The number of aromatic hydroxyl groups is 2. The molecule has 8 heteroatoms. The van der Waals surface area contributed by atoms with Crippen molar-refractivity contribution in [3.05, 3.63) is 56.8 Å². The first-order valence-corrected chi connectivity index (χ1v) is 9.40. The lowest BCUT2D eigenvalue weighted by Gasteiger charge is -2.27. The van der Waals surface area contributed by atoms with Crippen molar-refractivity contribution >= 4 is 11.3 Å². The number of benzene rings is 1. The van der Waals surface area contributed by atoms with E-state index in [4.69, 9.17) is 4.74 Å². The first-order valence-electron chi connectivity index (χ1n) is 8.52. The summed E-state index contributed by atoms with van der Waals surface area (Å²) in [6, 6.07) is 7.07. The van der Waals surface area contributed by atoms with E-state index >= 15 is 0 Å². The van der Waals surface area contributed by atoms with Gasteiger partial charge in [0, 0.05) is 26.1 Å². The van der Waals surface area contributed by atoms with Crippen LogP contribution in [0.3, 0.4) is 0 Å². The zero-order valence-corrected chi connectivity index (χ0v) is 15.5. The van der Waals surface area contributed by atoms with E-state index in [9.17, 15) is 15.0 Å². The molecule has 2 aromatic heterocycles. The molecular weight excluding hydrogens is 366 g/mol. The summed E-state index contributed by atoms with van der Waals surface area (Å²) in [7, 11) is 1.44. The van der Waals surface area contributed by atoms with Gasteiger partial charge in [-0.05, 0) is 29.1 Å². The molecule has 4 rings (SSSR count). The molecule has 3 N–H and O–H groups in total. The highest BCUT2D eigenvalue weighted by Gasteiger charge is 2.22. The molecule has 0 saturated heterocycles. The number of nitrogens with one attached hydrogen (secondary N) is 1. The van der Waals surface area contributed by atoms with Crippen LogP contribution in [0.15, 0.2) is 34.4 Å². The van der Waals surface area contributed by atoms with Crippen LogP contribution in [-0.4, -0.2) is 38.7 Å². The zero-order chi connectivity index (χ0) is 19.0. The summed E-state index contributed by atoms with van der Waals surface area (Å²) in [6.45, 7) is 1.75. The standard InChI is InChI=1S/C19H19N3O4S/c1-26-15-8-11(7-14(23)17(15)24)9-22-5-4-13-12(10-22)19(25)21-18(20-13)16-3-2-6-27-16/h2-3,6-8,23-24H,4-5,9-10H2,1H3,(H,20,21,25). The molecule has 3 aromatic rings.